The topological polar surface area (TPSA) is 50.4 Å². The van der Waals surface area contributed by atoms with Crippen LogP contribution in [0.5, 0.6) is 0 Å². The Morgan fingerprint density at radius 2 is 2.33 bits per heavy atom. The highest BCUT2D eigenvalue weighted by molar-refractivity contribution is 5.78. The number of hydrogen-bond acceptors (Lipinski definition) is 1. The highest BCUT2D eigenvalue weighted by atomic mass is 15.1. The van der Waals surface area contributed by atoms with Gasteiger partial charge in [-0.3, -0.25) is 4.99 Å². The molecule has 1 fully saturated rings. The first kappa shape index (κ1) is 9.36. The molecule has 12 heavy (non-hydrogen) atoms. The molecule has 3 nitrogen and oxygen atoms in total. The lowest BCUT2D eigenvalue weighted by molar-refractivity contribution is 0.569. The summed E-state index contributed by atoms with van der Waals surface area (Å²) < 4.78 is 0. The molecule has 0 bridgehead atoms. The van der Waals surface area contributed by atoms with Gasteiger partial charge in [0.15, 0.2) is 5.96 Å². The van der Waals surface area contributed by atoms with Gasteiger partial charge in [-0.25, -0.2) is 0 Å². The van der Waals surface area contributed by atoms with Crippen LogP contribution in [0.2, 0.25) is 0 Å². The maximum absolute atomic E-state index is 5.65. The molecule has 1 aliphatic rings. The zero-order valence-corrected chi connectivity index (χ0v) is 8.01. The van der Waals surface area contributed by atoms with Gasteiger partial charge < -0.3 is 11.1 Å². The summed E-state index contributed by atoms with van der Waals surface area (Å²) in [6.45, 7) is 5.04. The van der Waals surface area contributed by atoms with E-state index in [9.17, 15) is 0 Å². The van der Waals surface area contributed by atoms with Gasteiger partial charge in [-0.05, 0) is 32.1 Å². The average Bonchev–Trinajstić information content (AvgIpc) is 2.36. The molecule has 0 saturated heterocycles. The van der Waals surface area contributed by atoms with Crippen LogP contribution in [0.1, 0.15) is 33.1 Å². The van der Waals surface area contributed by atoms with Gasteiger partial charge in [0.25, 0.3) is 0 Å². The molecule has 0 spiro atoms. The molecule has 3 N–H and O–H groups in total. The smallest absolute Gasteiger partial charge is 0.188 e. The van der Waals surface area contributed by atoms with Gasteiger partial charge in [0.2, 0.25) is 0 Å². The maximum Gasteiger partial charge on any atom is 0.188 e. The molecular formula is C9H19N3. The van der Waals surface area contributed by atoms with E-state index in [-0.39, 0.29) is 0 Å². The third-order valence-corrected chi connectivity index (χ3v) is 2.38. The first-order valence-corrected chi connectivity index (χ1v) is 4.78. The van der Waals surface area contributed by atoms with E-state index in [1.165, 1.54) is 19.3 Å². The minimum Gasteiger partial charge on any atom is -0.370 e. The van der Waals surface area contributed by atoms with E-state index in [0.717, 1.165) is 12.5 Å². The highest BCUT2D eigenvalue weighted by Gasteiger charge is 2.20. The Labute approximate surface area is 74.4 Å². The predicted octanol–water partition coefficient (Wildman–Crippen LogP) is 1.10. The van der Waals surface area contributed by atoms with Crippen LogP contribution in [-0.2, 0) is 0 Å². The van der Waals surface area contributed by atoms with E-state index in [0.29, 0.717) is 12.0 Å². The van der Waals surface area contributed by atoms with Crippen LogP contribution in [-0.4, -0.2) is 18.5 Å². The van der Waals surface area contributed by atoms with Gasteiger partial charge in [0, 0.05) is 12.6 Å². The Balaban J connectivity index is 2.27. The first-order chi connectivity index (χ1) is 5.72. The summed E-state index contributed by atoms with van der Waals surface area (Å²) >= 11 is 0. The van der Waals surface area contributed by atoms with Crippen molar-refractivity contribution in [1.29, 1.82) is 0 Å². The van der Waals surface area contributed by atoms with Gasteiger partial charge in [0.05, 0.1) is 0 Å². The molecule has 0 aromatic heterocycles. The SMILES string of the molecule is CCN=C(N)NC1CCC(C)C1. The summed E-state index contributed by atoms with van der Waals surface area (Å²) in [6.07, 6.45) is 3.79. The van der Waals surface area contributed by atoms with E-state index in [2.05, 4.69) is 17.2 Å². The second-order valence-corrected chi connectivity index (χ2v) is 3.62. The number of nitrogens with one attached hydrogen (secondary N) is 1. The number of rotatable bonds is 2. The van der Waals surface area contributed by atoms with Crippen LogP contribution >= 0.6 is 0 Å². The summed E-state index contributed by atoms with van der Waals surface area (Å²) in [5.41, 5.74) is 5.65. The van der Waals surface area contributed by atoms with Gasteiger partial charge in [-0.15, -0.1) is 0 Å². The summed E-state index contributed by atoms with van der Waals surface area (Å²) in [4.78, 5) is 4.10. The van der Waals surface area contributed by atoms with E-state index in [1.54, 1.807) is 0 Å². The number of nitrogens with two attached hydrogens (primary N) is 1. The Bertz CT molecular complexity index is 165. The number of guanidine groups is 1. The van der Waals surface area contributed by atoms with Crippen molar-refractivity contribution in [3.8, 4) is 0 Å². The molecule has 1 aliphatic carbocycles. The van der Waals surface area contributed by atoms with Crippen molar-refractivity contribution >= 4 is 5.96 Å². The van der Waals surface area contributed by atoms with E-state index >= 15 is 0 Å². The molecule has 0 amide bonds. The summed E-state index contributed by atoms with van der Waals surface area (Å²) in [6, 6.07) is 0.565. The van der Waals surface area contributed by atoms with Gasteiger partial charge in [-0.2, -0.15) is 0 Å². The fourth-order valence-electron chi connectivity index (χ4n) is 1.76. The molecule has 0 aromatic rings. The summed E-state index contributed by atoms with van der Waals surface area (Å²) in [5, 5.41) is 3.24. The van der Waals surface area contributed by atoms with Crippen molar-refractivity contribution < 1.29 is 0 Å². The number of nitrogens with zero attached hydrogens (tertiary/aromatic N) is 1. The van der Waals surface area contributed by atoms with Gasteiger partial charge in [-0.1, -0.05) is 6.92 Å². The zero-order valence-electron chi connectivity index (χ0n) is 8.01. The van der Waals surface area contributed by atoms with Crippen molar-refractivity contribution in [1.82, 2.24) is 5.32 Å². The van der Waals surface area contributed by atoms with Crippen LogP contribution in [0.25, 0.3) is 0 Å². The van der Waals surface area contributed by atoms with Crippen LogP contribution in [0.4, 0.5) is 0 Å². The molecule has 1 saturated carbocycles. The molecule has 0 radical (unpaired) electrons. The lowest BCUT2D eigenvalue weighted by Gasteiger charge is -2.12. The zero-order chi connectivity index (χ0) is 8.97. The largest absolute Gasteiger partial charge is 0.370 e. The predicted molar refractivity (Wildman–Crippen MR) is 52.1 cm³/mol. The van der Waals surface area contributed by atoms with Crippen molar-refractivity contribution in [2.24, 2.45) is 16.6 Å². The Hall–Kier alpha value is -0.730. The van der Waals surface area contributed by atoms with Crippen molar-refractivity contribution in [3.05, 3.63) is 0 Å². The maximum atomic E-state index is 5.65. The van der Waals surface area contributed by atoms with Crippen molar-refractivity contribution in [2.45, 2.75) is 39.2 Å². The molecule has 3 heteroatoms. The molecule has 0 aromatic carbocycles. The molecule has 0 heterocycles. The Kier molecular flexibility index (Phi) is 3.38. The second-order valence-electron chi connectivity index (χ2n) is 3.62. The van der Waals surface area contributed by atoms with Gasteiger partial charge in [0.1, 0.15) is 0 Å². The van der Waals surface area contributed by atoms with Crippen LogP contribution in [0.15, 0.2) is 4.99 Å². The number of hydrogen-bond donors (Lipinski definition) is 2. The van der Waals surface area contributed by atoms with Crippen LogP contribution in [0, 0.1) is 5.92 Å². The minimum absolute atomic E-state index is 0.565. The van der Waals surface area contributed by atoms with Crippen molar-refractivity contribution in [3.63, 3.8) is 0 Å². The quantitative estimate of drug-likeness (QED) is 0.480. The molecular weight excluding hydrogens is 150 g/mol. The normalized spacial score (nSPS) is 30.7. The highest BCUT2D eigenvalue weighted by Crippen LogP contribution is 2.24. The van der Waals surface area contributed by atoms with Gasteiger partial charge >= 0.3 is 0 Å². The molecule has 0 aliphatic heterocycles. The second kappa shape index (κ2) is 4.33. The Morgan fingerprint density at radius 3 is 2.83 bits per heavy atom. The number of aliphatic imine (C=N–C) groups is 1. The monoisotopic (exact) mass is 169 g/mol. The van der Waals surface area contributed by atoms with E-state index in [4.69, 9.17) is 5.73 Å². The molecule has 1 rings (SSSR count). The average molecular weight is 169 g/mol. The first-order valence-electron chi connectivity index (χ1n) is 4.78. The lowest BCUT2D eigenvalue weighted by atomic mass is 10.1. The minimum atomic E-state index is 0.565. The third-order valence-electron chi connectivity index (χ3n) is 2.38. The van der Waals surface area contributed by atoms with Crippen LogP contribution in [0.3, 0.4) is 0 Å². The molecule has 2 unspecified atom stereocenters. The standard InChI is InChI=1S/C9H19N3/c1-3-11-9(10)12-8-5-4-7(2)6-8/h7-8H,3-6H2,1-2H3,(H3,10,11,12). The fourth-order valence-corrected chi connectivity index (χ4v) is 1.76. The molecule has 70 valence electrons. The van der Waals surface area contributed by atoms with E-state index in [1.807, 2.05) is 6.92 Å². The van der Waals surface area contributed by atoms with Crippen LogP contribution < -0.4 is 11.1 Å². The summed E-state index contributed by atoms with van der Waals surface area (Å²) in [7, 11) is 0. The molecule has 2 atom stereocenters. The Morgan fingerprint density at radius 1 is 1.58 bits per heavy atom. The van der Waals surface area contributed by atoms with Crippen molar-refractivity contribution in [2.75, 3.05) is 6.54 Å². The van der Waals surface area contributed by atoms with E-state index < -0.39 is 0 Å². The summed E-state index contributed by atoms with van der Waals surface area (Å²) in [5.74, 6) is 1.45. The fraction of sp³-hybridized carbons (Fsp3) is 0.889. The third kappa shape index (κ3) is 2.72. The lowest BCUT2D eigenvalue weighted by Crippen LogP contribution is -2.38.